The van der Waals surface area contributed by atoms with Gasteiger partial charge >= 0.3 is 29.6 Å². The molecule has 0 atom stereocenters. The Labute approximate surface area is 202 Å². The molecule has 0 saturated carbocycles. The predicted octanol–water partition coefficient (Wildman–Crippen LogP) is -0.474. The zero-order chi connectivity index (χ0) is 20.6. The molecule has 0 aliphatic rings. The molecule has 0 radical (unpaired) electrons. The molecule has 1 heterocycles. The third-order valence-corrected chi connectivity index (χ3v) is 4.50. The summed E-state index contributed by atoms with van der Waals surface area (Å²) in [6.07, 6.45) is 3.84. The molecule has 160 valence electrons. The monoisotopic (exact) mass is 436 g/mol. The number of unbranched alkanes of at least 4 members (excludes halogenated alkanes) is 1. The maximum Gasteiger partial charge on any atom is 1.00 e. The van der Waals surface area contributed by atoms with Gasteiger partial charge in [0.05, 0.1) is 18.6 Å². The molecule has 3 rings (SSSR count). The second kappa shape index (κ2) is 13.2. The number of carbonyl (C=O) groups excluding carboxylic acids is 1. The molecule has 7 nitrogen and oxygen atoms in total. The molecule has 2 aromatic carbocycles. The summed E-state index contributed by atoms with van der Waals surface area (Å²) in [6, 6.07) is 13.8. The van der Waals surface area contributed by atoms with Crippen molar-refractivity contribution in [2.24, 2.45) is 0 Å². The Bertz CT molecular complexity index is 1050. The molecular weight excluding hydrogens is 411 g/mol. The molecule has 0 aliphatic carbocycles. The largest absolute Gasteiger partial charge is 1.00 e. The summed E-state index contributed by atoms with van der Waals surface area (Å²) in [6.45, 7) is 2.96. The molecule has 0 aliphatic heterocycles. The van der Waals surface area contributed by atoms with Gasteiger partial charge in [-0.3, -0.25) is 4.79 Å². The summed E-state index contributed by atoms with van der Waals surface area (Å²) in [7, 11) is 0. The van der Waals surface area contributed by atoms with Gasteiger partial charge in [-0.2, -0.15) is 0 Å². The Balaban J connectivity index is 0.00000240. The van der Waals surface area contributed by atoms with Crippen molar-refractivity contribution in [3.8, 4) is 11.5 Å². The van der Waals surface area contributed by atoms with Crippen LogP contribution in [-0.4, -0.2) is 24.7 Å². The number of hydrogen-bond donors (Lipinski definition) is 0. The Hall–Kier alpha value is -2.32. The number of benzene rings is 2. The van der Waals surface area contributed by atoms with Crippen LogP contribution >= 0.6 is 0 Å². The molecule has 2 N–H and O–H groups in total. The molecule has 0 fully saturated rings. The van der Waals surface area contributed by atoms with Crippen molar-refractivity contribution in [3.05, 3.63) is 70.1 Å². The number of rotatable bonds is 10. The van der Waals surface area contributed by atoms with Crippen LogP contribution in [0.4, 0.5) is 0 Å². The summed E-state index contributed by atoms with van der Waals surface area (Å²) in [5, 5.41) is 11.3. The van der Waals surface area contributed by atoms with Crippen molar-refractivity contribution in [1.29, 1.82) is 0 Å². The zero-order valence-electron chi connectivity index (χ0n) is 17.8. The van der Waals surface area contributed by atoms with E-state index in [1.165, 1.54) is 5.56 Å². The quantitative estimate of drug-likeness (QED) is 0.313. The number of carboxylic acid groups (broad SMARTS) is 1. The minimum Gasteiger partial charge on any atom is -0.542 e. The summed E-state index contributed by atoms with van der Waals surface area (Å²) in [4.78, 5) is 23.1. The fourth-order valence-corrected chi connectivity index (χ4v) is 3.01. The van der Waals surface area contributed by atoms with Crippen LogP contribution in [0.5, 0.6) is 11.5 Å². The number of para-hydroxylation sites is 2. The van der Waals surface area contributed by atoms with Gasteiger partial charge in [0.2, 0.25) is 0 Å². The van der Waals surface area contributed by atoms with Crippen molar-refractivity contribution >= 4 is 16.9 Å². The van der Waals surface area contributed by atoms with Gasteiger partial charge in [-0.25, -0.2) is 0 Å². The van der Waals surface area contributed by atoms with E-state index in [-0.39, 0.29) is 46.0 Å². The number of ether oxygens (including phenoxy) is 2. The van der Waals surface area contributed by atoms with Gasteiger partial charge in [-0.05, 0) is 36.6 Å². The van der Waals surface area contributed by atoms with Gasteiger partial charge in [-0.15, -0.1) is 0 Å². The number of carboxylic acids is 1. The minimum absolute atomic E-state index is 0. The Morgan fingerprint density at radius 2 is 1.68 bits per heavy atom. The summed E-state index contributed by atoms with van der Waals surface area (Å²) in [5.74, 6) is -0.874. The van der Waals surface area contributed by atoms with Crippen molar-refractivity contribution in [3.63, 3.8) is 0 Å². The van der Waals surface area contributed by atoms with Crippen LogP contribution in [0, 0.1) is 0 Å². The molecule has 3 aromatic rings. The average Bonchev–Trinajstić information content (AvgIpc) is 2.73. The number of aryl methyl sites for hydroxylation is 1. The molecule has 0 spiro atoms. The van der Waals surface area contributed by atoms with Gasteiger partial charge in [0, 0.05) is 12.5 Å². The maximum atomic E-state index is 12.1. The Kier molecular flexibility index (Phi) is 11.3. The standard InChI is InChI=1S/C23H24O6.Na.H2O/c1-2-3-8-16-9-4-5-11-19(16)27-13-7-14-28-20-12-6-10-17-18(24)15-21(23(25)26)29-22(17)20;;/h4-6,9-12,15H,2-3,7-8,13-14H2,1H3,(H,25,26);;1H2/q;+1;/p-1. The molecule has 0 saturated heterocycles. The maximum absolute atomic E-state index is 12.1. The topological polar surface area (TPSA) is 120 Å². The van der Waals surface area contributed by atoms with E-state index >= 15 is 0 Å². The van der Waals surface area contributed by atoms with Crippen molar-refractivity contribution in [1.82, 2.24) is 0 Å². The summed E-state index contributed by atoms with van der Waals surface area (Å²) >= 11 is 0. The zero-order valence-corrected chi connectivity index (χ0v) is 19.8. The first-order chi connectivity index (χ1) is 14.1. The van der Waals surface area contributed by atoms with Crippen LogP contribution in [0.1, 0.15) is 42.3 Å². The van der Waals surface area contributed by atoms with Crippen LogP contribution in [0.15, 0.2) is 57.7 Å². The first-order valence-corrected chi connectivity index (χ1v) is 9.72. The Morgan fingerprint density at radius 1 is 1.00 bits per heavy atom. The van der Waals surface area contributed by atoms with Crippen LogP contribution in [0.3, 0.4) is 0 Å². The van der Waals surface area contributed by atoms with Gasteiger partial charge < -0.3 is 29.3 Å². The normalized spacial score (nSPS) is 10.1. The summed E-state index contributed by atoms with van der Waals surface area (Å²) < 4.78 is 16.9. The fourth-order valence-electron chi connectivity index (χ4n) is 3.01. The van der Waals surface area contributed by atoms with Gasteiger partial charge in [0.1, 0.15) is 11.7 Å². The van der Waals surface area contributed by atoms with Crippen LogP contribution in [0.25, 0.3) is 11.0 Å². The van der Waals surface area contributed by atoms with E-state index in [2.05, 4.69) is 13.0 Å². The van der Waals surface area contributed by atoms with E-state index in [1.54, 1.807) is 18.2 Å². The molecule has 1 aromatic heterocycles. The molecule has 0 unspecified atom stereocenters. The third-order valence-electron chi connectivity index (χ3n) is 4.50. The van der Waals surface area contributed by atoms with Crippen LogP contribution < -0.4 is 49.6 Å². The summed E-state index contributed by atoms with van der Waals surface area (Å²) in [5.41, 5.74) is 0.842. The van der Waals surface area contributed by atoms with Crippen molar-refractivity contribution < 1.29 is 58.8 Å². The van der Waals surface area contributed by atoms with E-state index in [1.807, 2.05) is 18.2 Å². The Morgan fingerprint density at radius 3 is 2.39 bits per heavy atom. The van der Waals surface area contributed by atoms with Gasteiger partial charge in [0.15, 0.2) is 22.5 Å². The second-order valence-corrected chi connectivity index (χ2v) is 6.66. The second-order valence-electron chi connectivity index (χ2n) is 6.66. The van der Waals surface area contributed by atoms with E-state index < -0.39 is 17.2 Å². The smallest absolute Gasteiger partial charge is 0.542 e. The number of hydrogen-bond acceptors (Lipinski definition) is 6. The third kappa shape index (κ3) is 7.11. The molecular formula is C23H25NaO7. The first kappa shape index (κ1) is 26.7. The van der Waals surface area contributed by atoms with E-state index in [0.717, 1.165) is 31.1 Å². The van der Waals surface area contributed by atoms with Crippen molar-refractivity contribution in [2.45, 2.75) is 32.6 Å². The van der Waals surface area contributed by atoms with Crippen LogP contribution in [-0.2, 0) is 6.42 Å². The van der Waals surface area contributed by atoms with E-state index in [9.17, 15) is 14.7 Å². The predicted molar refractivity (Wildman–Crippen MR) is 111 cm³/mol. The molecule has 31 heavy (non-hydrogen) atoms. The SMILES string of the molecule is CCCCc1ccccc1OCCCOc1cccc2c(=O)cc(C(=O)[O-])oc12.O.[Na+]. The molecule has 0 amide bonds. The van der Waals surface area contributed by atoms with E-state index in [4.69, 9.17) is 13.9 Å². The van der Waals surface area contributed by atoms with Gasteiger partial charge in [-0.1, -0.05) is 37.6 Å². The fraction of sp³-hybridized carbons (Fsp3) is 0.304. The molecule has 8 heteroatoms. The first-order valence-electron chi connectivity index (χ1n) is 9.72. The number of carbonyl (C=O) groups is 1. The number of fused-ring (bicyclic) bond motifs is 1. The van der Waals surface area contributed by atoms with Gasteiger partial charge in [0.25, 0.3) is 0 Å². The average molecular weight is 436 g/mol. The van der Waals surface area contributed by atoms with E-state index in [0.29, 0.717) is 25.4 Å². The molecule has 0 bridgehead atoms. The van der Waals surface area contributed by atoms with Crippen molar-refractivity contribution in [2.75, 3.05) is 13.2 Å². The van der Waals surface area contributed by atoms with Crippen LogP contribution in [0.2, 0.25) is 0 Å². The number of aromatic carboxylic acids is 1. The minimum atomic E-state index is -1.55.